The summed E-state index contributed by atoms with van der Waals surface area (Å²) >= 11 is 0. The second-order valence-electron chi connectivity index (χ2n) is 3.97. The molecule has 3 heteroatoms. The molecule has 1 aromatic carbocycles. The molecule has 0 aliphatic rings. The van der Waals surface area contributed by atoms with Crippen LogP contribution in [0.5, 0.6) is 0 Å². The zero-order valence-corrected chi connectivity index (χ0v) is 9.89. The van der Waals surface area contributed by atoms with Gasteiger partial charge in [0.15, 0.2) is 0 Å². The van der Waals surface area contributed by atoms with Crippen molar-refractivity contribution in [3.05, 3.63) is 35.4 Å². The van der Waals surface area contributed by atoms with Crippen LogP contribution in [0.3, 0.4) is 0 Å². The summed E-state index contributed by atoms with van der Waals surface area (Å²) in [5.41, 5.74) is 2.16. The average Bonchev–Trinajstić information content (AvgIpc) is 2.31. The van der Waals surface area contributed by atoms with Crippen LogP contribution in [0.2, 0.25) is 0 Å². The van der Waals surface area contributed by atoms with Gasteiger partial charge in [-0.25, -0.2) is 0 Å². The number of rotatable bonds is 7. The fraction of sp³-hybridized carbons (Fsp3) is 0.538. The molecule has 0 aromatic heterocycles. The molecule has 2 N–H and O–H groups in total. The number of hydrogen-bond donors (Lipinski definition) is 2. The van der Waals surface area contributed by atoms with Crippen molar-refractivity contribution in [3.63, 3.8) is 0 Å². The Kier molecular flexibility index (Phi) is 6.08. The van der Waals surface area contributed by atoms with Crippen molar-refractivity contribution in [2.45, 2.75) is 26.5 Å². The molecular weight excluding hydrogens is 202 g/mol. The maximum Gasteiger partial charge on any atom is 0.0681 e. The Hall–Kier alpha value is -0.900. The van der Waals surface area contributed by atoms with E-state index in [2.05, 4.69) is 11.8 Å². The van der Waals surface area contributed by atoms with Gasteiger partial charge in [-0.1, -0.05) is 31.2 Å². The van der Waals surface area contributed by atoms with Gasteiger partial charge in [0.05, 0.1) is 13.2 Å². The first-order chi connectivity index (χ1) is 7.80. The number of hydrogen-bond acceptors (Lipinski definition) is 3. The minimum Gasteiger partial charge on any atom is -0.395 e. The molecule has 0 atom stereocenters. The van der Waals surface area contributed by atoms with E-state index in [1.165, 1.54) is 5.56 Å². The van der Waals surface area contributed by atoms with Gasteiger partial charge in [-0.2, -0.15) is 0 Å². The molecule has 16 heavy (non-hydrogen) atoms. The minimum atomic E-state index is 0.0929. The fourth-order valence-electron chi connectivity index (χ4n) is 1.74. The van der Waals surface area contributed by atoms with Gasteiger partial charge in [0.2, 0.25) is 0 Å². The topological polar surface area (TPSA) is 43.7 Å². The average molecular weight is 223 g/mol. The van der Waals surface area contributed by atoms with E-state index in [0.29, 0.717) is 0 Å². The molecule has 0 spiro atoms. The Morgan fingerprint density at radius 1 is 1.00 bits per heavy atom. The Labute approximate surface area is 97.3 Å². The Morgan fingerprint density at radius 3 is 2.12 bits per heavy atom. The zero-order chi connectivity index (χ0) is 11.8. The summed E-state index contributed by atoms with van der Waals surface area (Å²) in [6.07, 6.45) is 1.09. The van der Waals surface area contributed by atoms with Gasteiger partial charge in [-0.05, 0) is 24.1 Å². The highest BCUT2D eigenvalue weighted by molar-refractivity contribution is 5.21. The van der Waals surface area contributed by atoms with Crippen molar-refractivity contribution < 1.29 is 10.2 Å². The second-order valence-corrected chi connectivity index (χ2v) is 3.97. The molecule has 0 saturated heterocycles. The van der Waals surface area contributed by atoms with E-state index in [9.17, 15) is 0 Å². The Morgan fingerprint density at radius 2 is 1.62 bits per heavy atom. The van der Waals surface area contributed by atoms with Crippen molar-refractivity contribution in [1.82, 2.24) is 4.90 Å². The van der Waals surface area contributed by atoms with Gasteiger partial charge in [0, 0.05) is 13.1 Å². The summed E-state index contributed by atoms with van der Waals surface area (Å²) in [5, 5.41) is 17.9. The number of benzene rings is 1. The summed E-state index contributed by atoms with van der Waals surface area (Å²) < 4.78 is 0. The van der Waals surface area contributed by atoms with Crippen molar-refractivity contribution >= 4 is 0 Å². The molecule has 90 valence electrons. The van der Waals surface area contributed by atoms with E-state index in [0.717, 1.165) is 31.6 Å². The molecule has 0 aliphatic heterocycles. The predicted molar refractivity (Wildman–Crippen MR) is 65.0 cm³/mol. The van der Waals surface area contributed by atoms with Crippen LogP contribution >= 0.6 is 0 Å². The van der Waals surface area contributed by atoms with E-state index < -0.39 is 0 Å². The van der Waals surface area contributed by atoms with E-state index >= 15 is 0 Å². The third-order valence-corrected chi connectivity index (χ3v) is 2.57. The number of aliphatic hydroxyl groups excluding tert-OH is 2. The molecule has 0 heterocycles. The highest BCUT2D eigenvalue weighted by Crippen LogP contribution is 2.08. The van der Waals surface area contributed by atoms with E-state index in [1.54, 1.807) is 0 Å². The van der Waals surface area contributed by atoms with E-state index in [4.69, 9.17) is 10.2 Å². The van der Waals surface area contributed by atoms with Crippen molar-refractivity contribution in [1.29, 1.82) is 0 Å². The van der Waals surface area contributed by atoms with Gasteiger partial charge in [-0.3, -0.25) is 4.90 Å². The molecule has 1 rings (SSSR count). The normalized spacial score (nSPS) is 11.0. The van der Waals surface area contributed by atoms with Crippen LogP contribution in [-0.2, 0) is 13.2 Å². The van der Waals surface area contributed by atoms with Gasteiger partial charge in [0.1, 0.15) is 0 Å². The van der Waals surface area contributed by atoms with Crippen molar-refractivity contribution in [3.8, 4) is 0 Å². The first-order valence-corrected chi connectivity index (χ1v) is 5.82. The van der Waals surface area contributed by atoms with Gasteiger partial charge in [0.25, 0.3) is 0 Å². The predicted octanol–water partition coefficient (Wildman–Crippen LogP) is 1.38. The minimum absolute atomic E-state index is 0.0929. The smallest absolute Gasteiger partial charge is 0.0681 e. The Balaban J connectivity index is 2.54. The second kappa shape index (κ2) is 7.39. The molecule has 0 fully saturated rings. The van der Waals surface area contributed by atoms with Crippen LogP contribution in [0, 0.1) is 0 Å². The summed E-state index contributed by atoms with van der Waals surface area (Å²) in [6.45, 7) is 5.02. The van der Waals surface area contributed by atoms with Crippen molar-refractivity contribution in [2.75, 3.05) is 19.7 Å². The molecule has 3 nitrogen and oxygen atoms in total. The lowest BCUT2D eigenvalue weighted by atomic mass is 10.1. The summed E-state index contributed by atoms with van der Waals surface area (Å²) in [5.74, 6) is 0. The van der Waals surface area contributed by atoms with Crippen LogP contribution in [0.4, 0.5) is 0 Å². The maximum atomic E-state index is 8.95. The molecule has 0 saturated carbocycles. The third kappa shape index (κ3) is 4.31. The third-order valence-electron chi connectivity index (χ3n) is 2.57. The molecule has 0 aliphatic carbocycles. The van der Waals surface area contributed by atoms with E-state index in [-0.39, 0.29) is 13.2 Å². The lowest BCUT2D eigenvalue weighted by Crippen LogP contribution is -2.27. The molecule has 0 radical (unpaired) electrons. The molecule has 0 unspecified atom stereocenters. The molecule has 0 amide bonds. The first-order valence-electron chi connectivity index (χ1n) is 5.82. The molecular formula is C13H21NO2. The zero-order valence-electron chi connectivity index (χ0n) is 9.89. The van der Waals surface area contributed by atoms with Gasteiger partial charge < -0.3 is 10.2 Å². The lowest BCUT2D eigenvalue weighted by molar-refractivity contribution is 0.190. The fourth-order valence-corrected chi connectivity index (χ4v) is 1.74. The van der Waals surface area contributed by atoms with Gasteiger partial charge >= 0.3 is 0 Å². The van der Waals surface area contributed by atoms with Crippen LogP contribution in [0.1, 0.15) is 24.5 Å². The first kappa shape index (κ1) is 13.2. The maximum absolute atomic E-state index is 8.95. The number of nitrogens with zero attached hydrogens (tertiary/aromatic N) is 1. The molecule has 1 aromatic rings. The monoisotopic (exact) mass is 223 g/mol. The largest absolute Gasteiger partial charge is 0.395 e. The summed E-state index contributed by atoms with van der Waals surface area (Å²) in [7, 11) is 0. The molecule has 0 bridgehead atoms. The van der Waals surface area contributed by atoms with Crippen molar-refractivity contribution in [2.24, 2.45) is 0 Å². The van der Waals surface area contributed by atoms with Crippen LogP contribution in [0.15, 0.2) is 24.3 Å². The van der Waals surface area contributed by atoms with Gasteiger partial charge in [-0.15, -0.1) is 0 Å². The van der Waals surface area contributed by atoms with Crippen LogP contribution < -0.4 is 0 Å². The highest BCUT2D eigenvalue weighted by Gasteiger charge is 2.03. The standard InChI is InChI=1S/C13H21NO2/c1-2-7-14(8-9-15)10-12-3-5-13(11-16)6-4-12/h3-6,15-16H,2,7-11H2,1H3. The van der Waals surface area contributed by atoms with E-state index in [1.807, 2.05) is 24.3 Å². The SMILES string of the molecule is CCCN(CCO)Cc1ccc(CO)cc1. The quantitative estimate of drug-likeness (QED) is 0.734. The Bertz CT molecular complexity index is 278. The highest BCUT2D eigenvalue weighted by atomic mass is 16.3. The van der Waals surface area contributed by atoms with Crippen LogP contribution in [0.25, 0.3) is 0 Å². The summed E-state index contributed by atoms with van der Waals surface area (Å²) in [6, 6.07) is 7.95. The lowest BCUT2D eigenvalue weighted by Gasteiger charge is -2.20. The summed E-state index contributed by atoms with van der Waals surface area (Å²) in [4.78, 5) is 2.23. The number of aliphatic hydroxyl groups is 2. The van der Waals surface area contributed by atoms with Crippen LogP contribution in [-0.4, -0.2) is 34.8 Å².